The van der Waals surface area contributed by atoms with Gasteiger partial charge in [-0.1, -0.05) is 17.7 Å². The predicted octanol–water partition coefficient (Wildman–Crippen LogP) is 2.36. The summed E-state index contributed by atoms with van der Waals surface area (Å²) >= 11 is 5.51. The van der Waals surface area contributed by atoms with Crippen molar-refractivity contribution in [3.8, 4) is 0 Å². The second-order valence-electron chi connectivity index (χ2n) is 2.81. The molecule has 0 radical (unpaired) electrons. The molecule has 1 aromatic carbocycles. The minimum Gasteiger partial charge on any atom is -0.480 e. The Balaban J connectivity index is 2.87. The van der Waals surface area contributed by atoms with Crippen molar-refractivity contribution in [3.63, 3.8) is 0 Å². The molecule has 0 bridgehead atoms. The van der Waals surface area contributed by atoms with Crippen LogP contribution < -0.4 is 5.32 Å². The smallest absolute Gasteiger partial charge is 0.325 e. The van der Waals surface area contributed by atoms with Gasteiger partial charge in [0.05, 0.1) is 10.7 Å². The van der Waals surface area contributed by atoms with Gasteiger partial charge in [-0.25, -0.2) is 4.39 Å². The monoisotopic (exact) mass is 217 g/mol. The van der Waals surface area contributed by atoms with Crippen molar-refractivity contribution in [2.45, 2.75) is 13.0 Å². The third kappa shape index (κ3) is 2.35. The summed E-state index contributed by atoms with van der Waals surface area (Å²) in [6.07, 6.45) is 0. The van der Waals surface area contributed by atoms with Gasteiger partial charge in [-0.05, 0) is 19.1 Å². The quantitative estimate of drug-likeness (QED) is 0.817. The standard InChI is InChI=1S/C9H9ClFNO2/c1-5(9(13)14)12-7-4-2-3-6(10)8(7)11/h2-5,12H,1H3,(H,13,14). The maximum Gasteiger partial charge on any atom is 0.325 e. The Morgan fingerprint density at radius 2 is 2.29 bits per heavy atom. The number of nitrogens with one attached hydrogen (secondary N) is 1. The summed E-state index contributed by atoms with van der Waals surface area (Å²) in [7, 11) is 0. The van der Waals surface area contributed by atoms with Crippen LogP contribution >= 0.6 is 11.6 Å². The third-order valence-corrected chi connectivity index (χ3v) is 1.99. The van der Waals surface area contributed by atoms with E-state index in [1.807, 2.05) is 0 Å². The summed E-state index contributed by atoms with van der Waals surface area (Å²) in [5.41, 5.74) is 0.0902. The highest BCUT2D eigenvalue weighted by molar-refractivity contribution is 6.31. The maximum atomic E-state index is 13.2. The van der Waals surface area contributed by atoms with Gasteiger partial charge in [0.2, 0.25) is 0 Å². The number of benzene rings is 1. The van der Waals surface area contributed by atoms with Gasteiger partial charge < -0.3 is 10.4 Å². The van der Waals surface area contributed by atoms with Crippen molar-refractivity contribution in [1.82, 2.24) is 0 Å². The summed E-state index contributed by atoms with van der Waals surface area (Å²) < 4.78 is 13.2. The Hall–Kier alpha value is -1.29. The van der Waals surface area contributed by atoms with Gasteiger partial charge in [0.25, 0.3) is 0 Å². The van der Waals surface area contributed by atoms with Gasteiger partial charge in [-0.15, -0.1) is 0 Å². The van der Waals surface area contributed by atoms with E-state index in [-0.39, 0.29) is 10.7 Å². The van der Waals surface area contributed by atoms with Crippen LogP contribution in [-0.2, 0) is 4.79 Å². The van der Waals surface area contributed by atoms with Crippen LogP contribution in [0, 0.1) is 5.82 Å². The molecule has 1 atom stereocenters. The molecule has 0 aliphatic rings. The van der Waals surface area contributed by atoms with Gasteiger partial charge in [-0.2, -0.15) is 0 Å². The first kappa shape index (κ1) is 10.8. The number of carboxylic acid groups (broad SMARTS) is 1. The largest absolute Gasteiger partial charge is 0.480 e. The lowest BCUT2D eigenvalue weighted by Gasteiger charge is -2.11. The minimum absolute atomic E-state index is 0.0346. The van der Waals surface area contributed by atoms with E-state index in [4.69, 9.17) is 16.7 Å². The Labute approximate surface area is 85.5 Å². The molecule has 14 heavy (non-hydrogen) atoms. The highest BCUT2D eigenvalue weighted by Crippen LogP contribution is 2.22. The molecule has 76 valence electrons. The molecule has 0 spiro atoms. The van der Waals surface area contributed by atoms with Gasteiger partial charge in [0.1, 0.15) is 6.04 Å². The Bertz CT molecular complexity index is 357. The topological polar surface area (TPSA) is 49.3 Å². The molecule has 0 aliphatic carbocycles. The lowest BCUT2D eigenvalue weighted by molar-refractivity contribution is -0.137. The molecule has 1 aromatic rings. The van der Waals surface area contributed by atoms with E-state index in [0.29, 0.717) is 0 Å². The first-order valence-corrected chi connectivity index (χ1v) is 4.33. The zero-order valence-corrected chi connectivity index (χ0v) is 8.18. The van der Waals surface area contributed by atoms with Crippen molar-refractivity contribution in [3.05, 3.63) is 29.0 Å². The van der Waals surface area contributed by atoms with E-state index in [2.05, 4.69) is 5.32 Å². The van der Waals surface area contributed by atoms with E-state index in [1.165, 1.54) is 19.1 Å². The van der Waals surface area contributed by atoms with E-state index in [0.717, 1.165) is 0 Å². The van der Waals surface area contributed by atoms with Crippen LogP contribution in [0.5, 0.6) is 0 Å². The molecule has 0 fully saturated rings. The molecule has 5 heteroatoms. The van der Waals surface area contributed by atoms with E-state index in [9.17, 15) is 9.18 Å². The summed E-state index contributed by atoms with van der Waals surface area (Å²) in [5.74, 6) is -1.69. The summed E-state index contributed by atoms with van der Waals surface area (Å²) in [6, 6.07) is 3.51. The van der Waals surface area contributed by atoms with Crippen LogP contribution in [0.3, 0.4) is 0 Å². The van der Waals surface area contributed by atoms with Crippen LogP contribution in [0.25, 0.3) is 0 Å². The normalized spacial score (nSPS) is 12.2. The molecule has 0 saturated carbocycles. The number of rotatable bonds is 3. The molecule has 0 aliphatic heterocycles. The summed E-state index contributed by atoms with van der Waals surface area (Å²) in [5, 5.41) is 11.0. The van der Waals surface area contributed by atoms with Gasteiger partial charge in [-0.3, -0.25) is 4.79 Å². The fraction of sp³-hybridized carbons (Fsp3) is 0.222. The molecule has 0 aromatic heterocycles. The van der Waals surface area contributed by atoms with Crippen LogP contribution in [-0.4, -0.2) is 17.1 Å². The molecule has 2 N–H and O–H groups in total. The lowest BCUT2D eigenvalue weighted by Crippen LogP contribution is -2.25. The second-order valence-corrected chi connectivity index (χ2v) is 3.21. The maximum absolute atomic E-state index is 13.2. The Morgan fingerprint density at radius 3 is 2.86 bits per heavy atom. The van der Waals surface area contributed by atoms with Gasteiger partial charge >= 0.3 is 5.97 Å². The SMILES string of the molecule is CC(Nc1cccc(Cl)c1F)C(=O)O. The second kappa shape index (κ2) is 4.28. The highest BCUT2D eigenvalue weighted by Gasteiger charge is 2.13. The van der Waals surface area contributed by atoms with Crippen LogP contribution in [0.4, 0.5) is 10.1 Å². The number of hydrogen-bond donors (Lipinski definition) is 2. The average molecular weight is 218 g/mol. The summed E-state index contributed by atoms with van der Waals surface area (Å²) in [4.78, 5) is 10.5. The van der Waals surface area contributed by atoms with Crippen LogP contribution in [0.1, 0.15) is 6.92 Å². The number of halogens is 2. The van der Waals surface area contributed by atoms with E-state index in [1.54, 1.807) is 6.07 Å². The van der Waals surface area contributed by atoms with Crippen LogP contribution in [0.2, 0.25) is 5.02 Å². The Morgan fingerprint density at radius 1 is 1.64 bits per heavy atom. The van der Waals surface area contributed by atoms with E-state index < -0.39 is 17.8 Å². The molecular formula is C9H9ClFNO2. The molecule has 3 nitrogen and oxygen atoms in total. The van der Waals surface area contributed by atoms with Crippen molar-refractivity contribution >= 4 is 23.3 Å². The third-order valence-electron chi connectivity index (χ3n) is 1.69. The predicted molar refractivity (Wildman–Crippen MR) is 52.1 cm³/mol. The first-order chi connectivity index (χ1) is 6.52. The highest BCUT2D eigenvalue weighted by atomic mass is 35.5. The number of hydrogen-bond acceptors (Lipinski definition) is 2. The summed E-state index contributed by atoms with van der Waals surface area (Å²) in [6.45, 7) is 1.42. The van der Waals surface area contributed by atoms with Crippen molar-refractivity contribution in [1.29, 1.82) is 0 Å². The molecule has 0 saturated heterocycles. The molecular weight excluding hydrogens is 209 g/mol. The first-order valence-electron chi connectivity index (χ1n) is 3.95. The number of carbonyl (C=O) groups is 1. The van der Waals surface area contributed by atoms with Crippen molar-refractivity contribution in [2.24, 2.45) is 0 Å². The fourth-order valence-electron chi connectivity index (χ4n) is 0.910. The minimum atomic E-state index is -1.05. The number of carboxylic acids is 1. The van der Waals surface area contributed by atoms with Crippen molar-refractivity contribution in [2.75, 3.05) is 5.32 Å². The zero-order chi connectivity index (χ0) is 10.7. The lowest BCUT2D eigenvalue weighted by atomic mass is 10.2. The average Bonchev–Trinajstić information content (AvgIpc) is 2.12. The number of aliphatic carboxylic acids is 1. The fourth-order valence-corrected chi connectivity index (χ4v) is 1.08. The molecule has 1 rings (SSSR count). The zero-order valence-electron chi connectivity index (χ0n) is 7.42. The molecule has 0 amide bonds. The van der Waals surface area contributed by atoms with Crippen molar-refractivity contribution < 1.29 is 14.3 Å². The van der Waals surface area contributed by atoms with Gasteiger partial charge in [0.15, 0.2) is 5.82 Å². The van der Waals surface area contributed by atoms with E-state index >= 15 is 0 Å². The van der Waals surface area contributed by atoms with Gasteiger partial charge in [0, 0.05) is 0 Å². The molecule has 1 unspecified atom stereocenters. The Kier molecular flexibility index (Phi) is 3.30. The molecule has 0 heterocycles. The van der Waals surface area contributed by atoms with Crippen LogP contribution in [0.15, 0.2) is 18.2 Å². The number of anilines is 1.